The smallest absolute Gasteiger partial charge is 0.321 e. The molecule has 0 fully saturated rings. The monoisotopic (exact) mass is 379 g/mol. The highest BCUT2D eigenvalue weighted by Crippen LogP contribution is 2.45. The molecular formula is C18H21NO4S2. The maximum atomic E-state index is 12.5. The Morgan fingerprint density at radius 2 is 1.72 bits per heavy atom. The Hall–Kier alpha value is -1.99. The summed E-state index contributed by atoms with van der Waals surface area (Å²) in [6.45, 7) is 3.82. The number of nitrogens with two attached hydrogens (primary N) is 1. The first kappa shape index (κ1) is 19.3. The van der Waals surface area contributed by atoms with Crippen LogP contribution < -0.4 is 5.73 Å². The minimum atomic E-state index is -1.05. The van der Waals surface area contributed by atoms with Crippen molar-refractivity contribution in [1.29, 1.82) is 0 Å². The molecule has 5 nitrogen and oxygen atoms in total. The molecule has 0 aliphatic heterocycles. The molecule has 25 heavy (non-hydrogen) atoms. The van der Waals surface area contributed by atoms with Crippen molar-refractivity contribution >= 4 is 40.7 Å². The third-order valence-corrected chi connectivity index (χ3v) is 5.89. The lowest BCUT2D eigenvalue weighted by atomic mass is 10.0. The molecule has 7 heteroatoms. The van der Waals surface area contributed by atoms with Crippen molar-refractivity contribution in [3.05, 3.63) is 46.7 Å². The minimum absolute atomic E-state index is 0.198. The summed E-state index contributed by atoms with van der Waals surface area (Å²) in [5.41, 5.74) is 6.64. The van der Waals surface area contributed by atoms with Gasteiger partial charge in [0.25, 0.3) is 0 Å². The fraction of sp³-hybridized carbons (Fsp3) is 0.333. The summed E-state index contributed by atoms with van der Waals surface area (Å²) in [7, 11) is 0. The predicted molar refractivity (Wildman–Crippen MR) is 101 cm³/mol. The van der Waals surface area contributed by atoms with Gasteiger partial charge in [0.1, 0.15) is 0 Å². The lowest BCUT2D eigenvalue weighted by Crippen LogP contribution is -2.32. The number of benzene rings is 1. The number of hydrogen-bond acceptors (Lipinski definition) is 7. The molecular weight excluding hydrogens is 358 g/mol. The lowest BCUT2D eigenvalue weighted by Gasteiger charge is -2.23. The molecule has 1 unspecified atom stereocenters. The molecule has 0 bridgehead atoms. The van der Waals surface area contributed by atoms with E-state index in [1.807, 2.05) is 35.7 Å². The average Bonchev–Trinajstić information content (AvgIpc) is 3.11. The molecule has 2 N–H and O–H groups in total. The van der Waals surface area contributed by atoms with Crippen LogP contribution in [0.4, 0.5) is 5.69 Å². The summed E-state index contributed by atoms with van der Waals surface area (Å²) in [6.07, 6.45) is 0. The fourth-order valence-corrected chi connectivity index (χ4v) is 4.52. The third kappa shape index (κ3) is 4.99. The molecule has 1 atom stereocenters. The first-order chi connectivity index (χ1) is 12.1. The predicted octanol–water partition coefficient (Wildman–Crippen LogP) is 3.91. The van der Waals surface area contributed by atoms with Gasteiger partial charge in [-0.1, -0.05) is 18.2 Å². The molecule has 0 aliphatic rings. The number of thiophene rings is 1. The molecule has 0 radical (unpaired) electrons. The Labute approximate surface area is 155 Å². The van der Waals surface area contributed by atoms with Gasteiger partial charge in [-0.3, -0.25) is 9.59 Å². The SMILES string of the molecule is CCOC(=O)C(C(=O)OCC)C(Sc1ccccc1N)c1cccs1. The van der Waals surface area contributed by atoms with Crippen molar-refractivity contribution in [3.63, 3.8) is 0 Å². The molecule has 1 aromatic carbocycles. The maximum Gasteiger partial charge on any atom is 0.321 e. The first-order valence-electron chi connectivity index (χ1n) is 7.96. The van der Waals surface area contributed by atoms with E-state index < -0.39 is 23.1 Å². The highest BCUT2D eigenvalue weighted by Gasteiger charge is 2.40. The highest BCUT2D eigenvalue weighted by atomic mass is 32.2. The Morgan fingerprint density at radius 1 is 1.08 bits per heavy atom. The van der Waals surface area contributed by atoms with E-state index in [2.05, 4.69) is 0 Å². The number of hydrogen-bond donors (Lipinski definition) is 1. The van der Waals surface area contributed by atoms with Crippen molar-refractivity contribution in [2.45, 2.75) is 24.0 Å². The summed E-state index contributed by atoms with van der Waals surface area (Å²) >= 11 is 2.85. The third-order valence-electron chi connectivity index (χ3n) is 3.38. The van der Waals surface area contributed by atoms with Crippen LogP contribution in [0.1, 0.15) is 24.0 Å². The van der Waals surface area contributed by atoms with E-state index in [9.17, 15) is 9.59 Å². The van der Waals surface area contributed by atoms with E-state index in [1.165, 1.54) is 23.1 Å². The largest absolute Gasteiger partial charge is 0.465 e. The first-order valence-corrected chi connectivity index (χ1v) is 9.72. The van der Waals surface area contributed by atoms with Gasteiger partial charge in [-0.05, 0) is 37.4 Å². The second-order valence-corrected chi connectivity index (χ2v) is 7.24. The van der Waals surface area contributed by atoms with Crippen LogP contribution in [-0.4, -0.2) is 25.2 Å². The van der Waals surface area contributed by atoms with Gasteiger partial charge in [0, 0.05) is 15.5 Å². The van der Waals surface area contributed by atoms with Gasteiger partial charge in [-0.2, -0.15) is 0 Å². The van der Waals surface area contributed by atoms with Gasteiger partial charge >= 0.3 is 11.9 Å². The number of nitrogen functional groups attached to an aromatic ring is 1. The molecule has 2 aromatic rings. The quantitative estimate of drug-likeness (QED) is 0.324. The van der Waals surface area contributed by atoms with Crippen LogP contribution in [0.5, 0.6) is 0 Å². The van der Waals surface area contributed by atoms with Crippen LogP contribution >= 0.6 is 23.1 Å². The molecule has 1 heterocycles. The van der Waals surface area contributed by atoms with Crippen LogP contribution in [0.3, 0.4) is 0 Å². The molecule has 2 rings (SSSR count). The number of esters is 2. The van der Waals surface area contributed by atoms with Crippen LogP contribution in [0.15, 0.2) is 46.7 Å². The van der Waals surface area contributed by atoms with Gasteiger partial charge in [0.05, 0.1) is 18.5 Å². The van der Waals surface area contributed by atoms with Gasteiger partial charge in [0.15, 0.2) is 5.92 Å². The van der Waals surface area contributed by atoms with E-state index >= 15 is 0 Å². The Morgan fingerprint density at radius 3 is 2.24 bits per heavy atom. The van der Waals surface area contributed by atoms with Gasteiger partial charge in [-0.25, -0.2) is 0 Å². The van der Waals surface area contributed by atoms with Crippen molar-refractivity contribution in [2.24, 2.45) is 5.92 Å². The molecule has 0 aliphatic carbocycles. The van der Waals surface area contributed by atoms with Crippen LogP contribution in [0.25, 0.3) is 0 Å². The summed E-state index contributed by atoms with van der Waals surface area (Å²) in [5.74, 6) is -2.22. The Balaban J connectivity index is 2.41. The minimum Gasteiger partial charge on any atom is -0.465 e. The van der Waals surface area contributed by atoms with Gasteiger partial charge in [-0.15, -0.1) is 23.1 Å². The van der Waals surface area contributed by atoms with Crippen LogP contribution in [0, 0.1) is 5.92 Å². The fourth-order valence-electron chi connectivity index (χ4n) is 2.28. The van der Waals surface area contributed by atoms with Crippen molar-refractivity contribution in [2.75, 3.05) is 18.9 Å². The number of rotatable bonds is 8. The normalized spacial score (nSPS) is 12.0. The molecule has 0 spiro atoms. The van der Waals surface area contributed by atoms with Crippen LogP contribution in [-0.2, 0) is 19.1 Å². The van der Waals surface area contributed by atoms with Crippen molar-refractivity contribution in [3.8, 4) is 0 Å². The number of ether oxygens (including phenoxy) is 2. The second-order valence-electron chi connectivity index (χ2n) is 5.07. The Bertz CT molecular complexity index is 685. The molecule has 0 amide bonds. The maximum absolute atomic E-state index is 12.5. The van der Waals surface area contributed by atoms with E-state index in [1.54, 1.807) is 19.9 Å². The summed E-state index contributed by atoms with van der Waals surface area (Å²) in [5, 5.41) is 1.44. The molecule has 134 valence electrons. The van der Waals surface area contributed by atoms with Crippen LogP contribution in [0.2, 0.25) is 0 Å². The second kappa shape index (κ2) is 9.48. The summed E-state index contributed by atoms with van der Waals surface area (Å²) in [4.78, 5) is 26.7. The number of carbonyl (C=O) groups excluding carboxylic acids is 2. The van der Waals surface area contributed by atoms with Crippen molar-refractivity contribution in [1.82, 2.24) is 0 Å². The zero-order valence-corrected chi connectivity index (χ0v) is 15.8. The molecule has 0 saturated heterocycles. The summed E-state index contributed by atoms with van der Waals surface area (Å²) in [6, 6.07) is 11.1. The van der Waals surface area contributed by atoms with E-state index in [0.717, 1.165) is 9.77 Å². The van der Waals surface area contributed by atoms with E-state index in [0.29, 0.717) is 5.69 Å². The number of anilines is 1. The average molecular weight is 380 g/mol. The molecule has 0 saturated carbocycles. The Kier molecular flexibility index (Phi) is 7.33. The van der Waals surface area contributed by atoms with E-state index in [4.69, 9.17) is 15.2 Å². The van der Waals surface area contributed by atoms with Crippen molar-refractivity contribution < 1.29 is 19.1 Å². The number of carbonyl (C=O) groups is 2. The highest BCUT2D eigenvalue weighted by molar-refractivity contribution is 7.99. The van der Waals surface area contributed by atoms with Gasteiger partial charge < -0.3 is 15.2 Å². The zero-order chi connectivity index (χ0) is 18.2. The summed E-state index contributed by atoms with van der Waals surface area (Å²) < 4.78 is 10.3. The molecule has 1 aromatic heterocycles. The van der Waals surface area contributed by atoms with E-state index in [-0.39, 0.29) is 13.2 Å². The van der Waals surface area contributed by atoms with Gasteiger partial charge in [0.2, 0.25) is 0 Å². The number of para-hydroxylation sites is 1. The standard InChI is InChI=1S/C18H21NO4S2/c1-3-22-17(20)15(18(21)23-4-2)16(14-10-7-11-24-14)25-13-9-6-5-8-12(13)19/h5-11,15-16H,3-4,19H2,1-2H3. The topological polar surface area (TPSA) is 78.6 Å². The zero-order valence-electron chi connectivity index (χ0n) is 14.1. The number of thioether (sulfide) groups is 1. The lowest BCUT2D eigenvalue weighted by molar-refractivity contribution is -0.161.